The topological polar surface area (TPSA) is 117 Å². The molecule has 2 heterocycles. The highest BCUT2D eigenvalue weighted by Gasteiger charge is 2.27. The lowest BCUT2D eigenvalue weighted by molar-refractivity contribution is 0.0391. The van der Waals surface area contributed by atoms with E-state index in [0.717, 1.165) is 32.2 Å². The number of thiazole rings is 1. The number of unbranched alkanes of at least 4 members (excludes halogenated alkanes) is 1. The Balaban J connectivity index is 1.66. The van der Waals surface area contributed by atoms with Crippen molar-refractivity contribution in [2.75, 3.05) is 63.6 Å². The van der Waals surface area contributed by atoms with E-state index >= 15 is 0 Å². The largest absolute Gasteiger partial charge is 0.379 e. The second-order valence-electron chi connectivity index (χ2n) is 9.66. The van der Waals surface area contributed by atoms with Crippen molar-refractivity contribution >= 4 is 52.5 Å². The number of para-hydroxylation sites is 1. The molecule has 1 amide bonds. The molecule has 2 aromatic carbocycles. The van der Waals surface area contributed by atoms with Gasteiger partial charge in [-0.1, -0.05) is 37.7 Å². The van der Waals surface area contributed by atoms with Crippen LogP contribution in [-0.2, 0) is 24.6 Å². The zero-order valence-electron chi connectivity index (χ0n) is 23.1. The molecule has 10 nitrogen and oxygen atoms in total. The predicted molar refractivity (Wildman–Crippen MR) is 157 cm³/mol. The second kappa shape index (κ2) is 13.0. The lowest BCUT2D eigenvalue weighted by atomic mass is 10.2. The zero-order chi connectivity index (χ0) is 28.9. The van der Waals surface area contributed by atoms with Crippen LogP contribution in [0.25, 0.3) is 10.2 Å². The summed E-state index contributed by atoms with van der Waals surface area (Å²) in [5, 5.41) is 0.387. The number of morpholine rings is 1. The van der Waals surface area contributed by atoms with E-state index in [1.54, 1.807) is 17.0 Å². The van der Waals surface area contributed by atoms with Gasteiger partial charge in [-0.15, -0.1) is 0 Å². The molecule has 1 aliphatic rings. The molecule has 0 unspecified atom stereocenters. The minimum atomic E-state index is -3.68. The molecule has 1 saturated heterocycles. The third-order valence-electron chi connectivity index (χ3n) is 6.84. The molecule has 218 valence electrons. The maximum atomic E-state index is 13.8. The van der Waals surface area contributed by atoms with Gasteiger partial charge < -0.3 is 4.74 Å². The van der Waals surface area contributed by atoms with Crippen LogP contribution >= 0.6 is 11.3 Å². The summed E-state index contributed by atoms with van der Waals surface area (Å²) in [7, 11) is -7.20. The Bertz CT molecular complexity index is 1530. The number of rotatable bonds is 12. The first-order valence-corrected chi connectivity index (χ1v) is 17.5. The fraction of sp³-hybridized carbons (Fsp3) is 0.481. The quantitative estimate of drug-likeness (QED) is 0.307. The number of hydrogen-bond donors (Lipinski definition) is 0. The average Bonchev–Trinajstić information content (AvgIpc) is 3.37. The number of carbonyl (C=O) groups excluding carboxylic acids is 1. The summed E-state index contributed by atoms with van der Waals surface area (Å²) < 4.78 is 58.6. The Morgan fingerprint density at radius 2 is 1.73 bits per heavy atom. The van der Waals surface area contributed by atoms with Gasteiger partial charge in [0, 0.05) is 51.1 Å². The van der Waals surface area contributed by atoms with Crippen LogP contribution < -0.4 is 4.90 Å². The lowest BCUT2D eigenvalue weighted by Gasteiger charge is -2.29. The number of ether oxygens (including phenoxy) is 1. The van der Waals surface area contributed by atoms with Crippen LogP contribution in [0, 0.1) is 0 Å². The van der Waals surface area contributed by atoms with Crippen molar-refractivity contribution in [1.82, 2.24) is 14.2 Å². The molecule has 0 radical (unpaired) electrons. The summed E-state index contributed by atoms with van der Waals surface area (Å²) in [5.41, 5.74) is 0.655. The van der Waals surface area contributed by atoms with Gasteiger partial charge in [-0.25, -0.2) is 21.8 Å². The van der Waals surface area contributed by atoms with Crippen LogP contribution in [0.5, 0.6) is 0 Å². The number of fused-ring (bicyclic) bond motifs is 1. The first kappa shape index (κ1) is 30.5. The van der Waals surface area contributed by atoms with Crippen molar-refractivity contribution in [3.63, 3.8) is 0 Å². The second-order valence-corrected chi connectivity index (χ2v) is 14.6. The molecule has 0 atom stereocenters. The van der Waals surface area contributed by atoms with E-state index < -0.39 is 19.9 Å². The Kier molecular flexibility index (Phi) is 9.96. The zero-order valence-corrected chi connectivity index (χ0v) is 25.5. The average molecular weight is 609 g/mol. The monoisotopic (exact) mass is 608 g/mol. The van der Waals surface area contributed by atoms with Crippen molar-refractivity contribution in [1.29, 1.82) is 0 Å². The summed E-state index contributed by atoms with van der Waals surface area (Å²) in [4.78, 5) is 22.5. The van der Waals surface area contributed by atoms with Crippen LogP contribution in [-0.4, -0.2) is 95.7 Å². The number of anilines is 1. The lowest BCUT2D eigenvalue weighted by Crippen LogP contribution is -2.43. The smallest absolute Gasteiger partial charge is 0.260 e. The van der Waals surface area contributed by atoms with Gasteiger partial charge in [0.05, 0.1) is 27.7 Å². The van der Waals surface area contributed by atoms with E-state index in [4.69, 9.17) is 4.74 Å². The van der Waals surface area contributed by atoms with Crippen LogP contribution in [0.4, 0.5) is 5.13 Å². The Labute approximate surface area is 240 Å². The van der Waals surface area contributed by atoms with Crippen molar-refractivity contribution in [2.45, 2.75) is 36.5 Å². The molecular weight excluding hydrogens is 573 g/mol. The molecule has 0 spiro atoms. The van der Waals surface area contributed by atoms with E-state index in [9.17, 15) is 21.6 Å². The standard InChI is InChI=1S/C27H36N4O6S3/c1-4-6-14-30(5-2)40(35,36)22-12-10-21(11-13-22)26(32)31(16-15-29-17-19-37-20-18-29)27-28-25-23(38-27)8-7-9-24(25)39(3,33)34/h7-13H,4-6,14-20H2,1-3H3. The molecule has 3 aromatic rings. The molecule has 40 heavy (non-hydrogen) atoms. The van der Waals surface area contributed by atoms with Gasteiger partial charge in [-0.3, -0.25) is 14.6 Å². The maximum Gasteiger partial charge on any atom is 0.260 e. The van der Waals surface area contributed by atoms with Gasteiger partial charge in [0.2, 0.25) is 10.0 Å². The highest BCUT2D eigenvalue weighted by Crippen LogP contribution is 2.33. The van der Waals surface area contributed by atoms with Gasteiger partial charge in [-0.2, -0.15) is 4.31 Å². The van der Waals surface area contributed by atoms with Gasteiger partial charge >= 0.3 is 0 Å². The molecular formula is C27H36N4O6S3. The summed E-state index contributed by atoms with van der Waals surface area (Å²) in [6.45, 7) is 8.28. The summed E-state index contributed by atoms with van der Waals surface area (Å²) in [5.74, 6) is -0.338. The molecule has 4 rings (SSSR count). The minimum absolute atomic E-state index is 0.117. The van der Waals surface area contributed by atoms with Crippen molar-refractivity contribution in [3.8, 4) is 0 Å². The molecule has 0 saturated carbocycles. The number of hydrogen-bond acceptors (Lipinski definition) is 9. The van der Waals surface area contributed by atoms with E-state index in [2.05, 4.69) is 9.88 Å². The van der Waals surface area contributed by atoms with Crippen LogP contribution in [0.15, 0.2) is 52.3 Å². The van der Waals surface area contributed by atoms with E-state index in [1.165, 1.54) is 46.0 Å². The molecule has 0 aliphatic carbocycles. The van der Waals surface area contributed by atoms with Crippen LogP contribution in [0.2, 0.25) is 0 Å². The molecule has 0 N–H and O–H groups in total. The molecule has 1 aromatic heterocycles. The van der Waals surface area contributed by atoms with E-state index in [-0.39, 0.29) is 15.7 Å². The van der Waals surface area contributed by atoms with Gasteiger partial charge in [0.1, 0.15) is 5.52 Å². The van der Waals surface area contributed by atoms with Crippen molar-refractivity contribution < 1.29 is 26.4 Å². The van der Waals surface area contributed by atoms with Gasteiger partial charge in [0.15, 0.2) is 15.0 Å². The van der Waals surface area contributed by atoms with Gasteiger partial charge in [-0.05, 0) is 42.8 Å². The minimum Gasteiger partial charge on any atom is -0.379 e. The fourth-order valence-electron chi connectivity index (χ4n) is 4.53. The molecule has 1 aliphatic heterocycles. The number of sulfonamides is 1. The van der Waals surface area contributed by atoms with Crippen molar-refractivity contribution in [3.05, 3.63) is 48.0 Å². The summed E-state index contributed by atoms with van der Waals surface area (Å²) >= 11 is 1.25. The number of nitrogens with zero attached hydrogens (tertiary/aromatic N) is 4. The van der Waals surface area contributed by atoms with Gasteiger partial charge in [0.25, 0.3) is 5.91 Å². The molecule has 1 fully saturated rings. The van der Waals surface area contributed by atoms with E-state index in [1.807, 2.05) is 13.8 Å². The fourth-order valence-corrected chi connectivity index (χ4v) is 7.94. The highest BCUT2D eigenvalue weighted by molar-refractivity contribution is 7.91. The first-order valence-electron chi connectivity index (χ1n) is 13.4. The number of benzene rings is 2. The summed E-state index contributed by atoms with van der Waals surface area (Å²) in [6.07, 6.45) is 2.79. The van der Waals surface area contributed by atoms with Crippen LogP contribution in [0.3, 0.4) is 0 Å². The Hall–Kier alpha value is -2.42. The summed E-state index contributed by atoms with van der Waals surface area (Å²) in [6, 6.07) is 11.0. The third-order valence-corrected chi connectivity index (χ3v) is 11.0. The normalized spacial score (nSPS) is 15.1. The highest BCUT2D eigenvalue weighted by atomic mass is 32.2. The number of aromatic nitrogens is 1. The van der Waals surface area contributed by atoms with E-state index in [0.29, 0.717) is 60.3 Å². The first-order chi connectivity index (χ1) is 19.1. The number of carbonyl (C=O) groups is 1. The number of amides is 1. The maximum absolute atomic E-state index is 13.8. The molecule has 13 heteroatoms. The third kappa shape index (κ3) is 6.89. The number of sulfone groups is 1. The predicted octanol–water partition coefficient (Wildman–Crippen LogP) is 3.49. The molecule has 0 bridgehead atoms. The Morgan fingerprint density at radius 3 is 2.35 bits per heavy atom. The van der Waals surface area contributed by atoms with Crippen LogP contribution in [0.1, 0.15) is 37.0 Å². The SMILES string of the molecule is CCCCN(CC)S(=O)(=O)c1ccc(C(=O)N(CCN2CCOCC2)c2nc3c(S(C)(=O)=O)cccc3s2)cc1. The Morgan fingerprint density at radius 1 is 1.02 bits per heavy atom. The van der Waals surface area contributed by atoms with Crippen molar-refractivity contribution in [2.24, 2.45) is 0 Å².